The number of carbonyl (C=O) groups is 1. The lowest BCUT2D eigenvalue weighted by Crippen LogP contribution is -2.30. The molecule has 0 bridgehead atoms. The van der Waals surface area contributed by atoms with Crippen molar-refractivity contribution >= 4 is 39.1 Å². The Labute approximate surface area is 136 Å². The Kier molecular flexibility index (Phi) is 5.46. The zero-order valence-electron chi connectivity index (χ0n) is 11.4. The molecule has 0 unspecified atom stereocenters. The molecular formula is C12H12ClN3O4S2. The average Bonchev–Trinajstić information content (AvgIpc) is 2.89. The molecule has 10 heteroatoms. The van der Waals surface area contributed by atoms with E-state index in [1.54, 1.807) is 12.1 Å². The fourth-order valence-corrected chi connectivity index (χ4v) is 3.01. The summed E-state index contributed by atoms with van der Waals surface area (Å²) in [6.45, 7) is 1.21. The van der Waals surface area contributed by atoms with Crippen molar-refractivity contribution in [3.63, 3.8) is 0 Å². The number of carbonyl (C=O) groups excluding carboxylic acids is 1. The van der Waals surface area contributed by atoms with E-state index in [1.807, 2.05) is 6.92 Å². The summed E-state index contributed by atoms with van der Waals surface area (Å²) in [7, 11) is -3.76. The van der Waals surface area contributed by atoms with E-state index < -0.39 is 22.5 Å². The van der Waals surface area contributed by atoms with Gasteiger partial charge in [0.25, 0.3) is 0 Å². The van der Waals surface area contributed by atoms with Gasteiger partial charge in [0.15, 0.2) is 0 Å². The number of nitrogens with one attached hydrogen (secondary N) is 1. The van der Waals surface area contributed by atoms with Gasteiger partial charge in [-0.3, -0.25) is 4.79 Å². The highest BCUT2D eigenvalue weighted by Crippen LogP contribution is 2.17. The van der Waals surface area contributed by atoms with Gasteiger partial charge in [0, 0.05) is 11.5 Å². The summed E-state index contributed by atoms with van der Waals surface area (Å²) in [5.74, 6) is -0.736. The number of sulfonamides is 1. The molecule has 7 nitrogen and oxygen atoms in total. The molecule has 1 N–H and O–H groups in total. The van der Waals surface area contributed by atoms with Crippen LogP contribution in [0.25, 0.3) is 0 Å². The van der Waals surface area contributed by atoms with Gasteiger partial charge in [0.2, 0.25) is 10.0 Å². The summed E-state index contributed by atoms with van der Waals surface area (Å²) in [5, 5.41) is 3.67. The second-order valence-corrected chi connectivity index (χ2v) is 7.41. The van der Waals surface area contributed by atoms with Gasteiger partial charge >= 0.3 is 5.97 Å². The minimum Gasteiger partial charge on any atom is -0.458 e. The van der Waals surface area contributed by atoms with E-state index in [2.05, 4.69) is 14.3 Å². The Morgan fingerprint density at radius 1 is 1.36 bits per heavy atom. The molecule has 0 fully saturated rings. The molecule has 1 heterocycles. The third kappa shape index (κ3) is 4.47. The summed E-state index contributed by atoms with van der Waals surface area (Å²) in [6.07, 6.45) is 0. The van der Waals surface area contributed by atoms with Crippen LogP contribution < -0.4 is 4.72 Å². The van der Waals surface area contributed by atoms with E-state index in [-0.39, 0.29) is 11.5 Å². The van der Waals surface area contributed by atoms with Crippen LogP contribution in [0.1, 0.15) is 11.3 Å². The maximum Gasteiger partial charge on any atom is 0.321 e. The second kappa shape index (κ2) is 7.14. The van der Waals surface area contributed by atoms with Crippen molar-refractivity contribution in [2.75, 3.05) is 6.54 Å². The predicted octanol–water partition coefficient (Wildman–Crippen LogP) is 1.52. The van der Waals surface area contributed by atoms with Crippen molar-refractivity contribution in [1.82, 2.24) is 14.3 Å². The van der Waals surface area contributed by atoms with Gasteiger partial charge in [-0.15, -0.1) is 5.10 Å². The largest absolute Gasteiger partial charge is 0.458 e. The highest BCUT2D eigenvalue weighted by atomic mass is 35.5. The summed E-state index contributed by atoms with van der Waals surface area (Å²) < 4.78 is 34.9. The van der Waals surface area contributed by atoms with Crippen LogP contribution in [-0.4, -0.2) is 30.5 Å². The standard InChI is InChI=1S/C12H12ClN3O4S2/c1-8-2-4-9(5-3-8)22(18,19)14-6-11(17)20-7-10-12(13)21-16-15-10/h2-5,14H,6-7H2,1H3. The number of aryl methyl sites for hydroxylation is 1. The topological polar surface area (TPSA) is 98.2 Å². The Morgan fingerprint density at radius 2 is 2.05 bits per heavy atom. The SMILES string of the molecule is Cc1ccc(S(=O)(=O)NCC(=O)OCc2nnsc2Cl)cc1. The lowest BCUT2D eigenvalue weighted by Gasteiger charge is -2.07. The molecule has 22 heavy (non-hydrogen) atoms. The Balaban J connectivity index is 1.87. The number of hydrogen-bond donors (Lipinski definition) is 1. The molecular weight excluding hydrogens is 350 g/mol. The van der Waals surface area contributed by atoms with Crippen molar-refractivity contribution in [2.24, 2.45) is 0 Å². The van der Waals surface area contributed by atoms with E-state index in [0.717, 1.165) is 17.1 Å². The van der Waals surface area contributed by atoms with Crippen LogP contribution in [0.15, 0.2) is 29.2 Å². The van der Waals surface area contributed by atoms with Crippen LogP contribution in [0, 0.1) is 6.92 Å². The molecule has 0 saturated heterocycles. The first-order valence-corrected chi connectivity index (χ1v) is 8.70. The minimum atomic E-state index is -3.76. The van der Waals surface area contributed by atoms with E-state index in [1.165, 1.54) is 12.1 Å². The molecule has 0 aliphatic heterocycles. The first-order valence-electron chi connectivity index (χ1n) is 6.07. The van der Waals surface area contributed by atoms with Crippen LogP contribution >= 0.6 is 23.1 Å². The first-order chi connectivity index (χ1) is 10.4. The summed E-state index contributed by atoms with van der Waals surface area (Å²) in [5.41, 5.74) is 1.27. The van der Waals surface area contributed by atoms with Crippen molar-refractivity contribution in [2.45, 2.75) is 18.4 Å². The third-order valence-electron chi connectivity index (χ3n) is 2.62. The van der Waals surface area contributed by atoms with Crippen LogP contribution in [-0.2, 0) is 26.2 Å². The number of halogens is 1. The van der Waals surface area contributed by atoms with Gasteiger partial charge in [0.1, 0.15) is 23.2 Å². The fourth-order valence-electron chi connectivity index (χ4n) is 1.44. The molecule has 2 rings (SSSR count). The zero-order chi connectivity index (χ0) is 16.2. The Bertz CT molecular complexity index is 759. The number of benzene rings is 1. The third-order valence-corrected chi connectivity index (χ3v) is 5.02. The quantitative estimate of drug-likeness (QED) is 0.783. The minimum absolute atomic E-state index is 0.0812. The molecule has 0 radical (unpaired) electrons. The Morgan fingerprint density at radius 3 is 2.64 bits per heavy atom. The fraction of sp³-hybridized carbons (Fsp3) is 0.250. The smallest absolute Gasteiger partial charge is 0.321 e. The zero-order valence-corrected chi connectivity index (χ0v) is 13.8. The monoisotopic (exact) mass is 361 g/mol. The molecule has 1 aromatic carbocycles. The van der Waals surface area contributed by atoms with Crippen LogP contribution in [0.5, 0.6) is 0 Å². The van der Waals surface area contributed by atoms with Gasteiger partial charge < -0.3 is 4.74 Å². The van der Waals surface area contributed by atoms with Crippen molar-refractivity contribution in [3.8, 4) is 0 Å². The van der Waals surface area contributed by atoms with Crippen LogP contribution in [0.4, 0.5) is 0 Å². The molecule has 1 aromatic heterocycles. The molecule has 0 aliphatic rings. The van der Waals surface area contributed by atoms with Crippen LogP contribution in [0.2, 0.25) is 4.34 Å². The van der Waals surface area contributed by atoms with Gasteiger partial charge in [-0.1, -0.05) is 33.8 Å². The highest BCUT2D eigenvalue weighted by molar-refractivity contribution is 7.89. The maximum atomic E-state index is 12.0. The molecule has 0 aliphatic carbocycles. The lowest BCUT2D eigenvalue weighted by atomic mass is 10.2. The van der Waals surface area contributed by atoms with Crippen molar-refractivity contribution < 1.29 is 17.9 Å². The number of aromatic nitrogens is 2. The molecule has 118 valence electrons. The highest BCUT2D eigenvalue weighted by Gasteiger charge is 2.16. The van der Waals surface area contributed by atoms with E-state index in [0.29, 0.717) is 10.0 Å². The first kappa shape index (κ1) is 16.8. The second-order valence-electron chi connectivity index (χ2n) is 4.29. The lowest BCUT2D eigenvalue weighted by molar-refractivity contribution is -0.143. The van der Waals surface area contributed by atoms with Gasteiger partial charge in [-0.05, 0) is 19.1 Å². The maximum absolute atomic E-state index is 12.0. The average molecular weight is 362 g/mol. The Hall–Kier alpha value is -1.55. The predicted molar refractivity (Wildman–Crippen MR) is 81.1 cm³/mol. The van der Waals surface area contributed by atoms with E-state index >= 15 is 0 Å². The summed E-state index contributed by atoms with van der Waals surface area (Å²) >= 11 is 6.73. The van der Waals surface area contributed by atoms with Crippen LogP contribution in [0.3, 0.4) is 0 Å². The molecule has 0 amide bonds. The molecule has 0 saturated carbocycles. The van der Waals surface area contributed by atoms with Crippen molar-refractivity contribution in [1.29, 1.82) is 0 Å². The van der Waals surface area contributed by atoms with Crippen molar-refractivity contribution in [3.05, 3.63) is 39.9 Å². The number of nitrogens with zero attached hydrogens (tertiary/aromatic N) is 2. The number of esters is 1. The molecule has 0 atom stereocenters. The summed E-state index contributed by atoms with van der Waals surface area (Å²) in [6, 6.07) is 6.27. The van der Waals surface area contributed by atoms with E-state index in [4.69, 9.17) is 16.3 Å². The number of rotatable bonds is 6. The van der Waals surface area contributed by atoms with Gasteiger partial charge in [-0.2, -0.15) is 4.72 Å². The van der Waals surface area contributed by atoms with E-state index in [9.17, 15) is 13.2 Å². The number of hydrogen-bond acceptors (Lipinski definition) is 7. The molecule has 2 aromatic rings. The van der Waals surface area contributed by atoms with Gasteiger partial charge in [0.05, 0.1) is 4.90 Å². The normalized spacial score (nSPS) is 11.4. The molecule has 0 spiro atoms. The summed E-state index contributed by atoms with van der Waals surface area (Å²) in [4.78, 5) is 11.6. The number of ether oxygens (including phenoxy) is 1. The van der Waals surface area contributed by atoms with Gasteiger partial charge in [-0.25, -0.2) is 8.42 Å².